The van der Waals surface area contributed by atoms with Crippen LogP contribution < -0.4 is 11.1 Å². The zero-order chi connectivity index (χ0) is 19.4. The number of carbonyl (C=O) groups excluding carboxylic acids is 1. The van der Waals surface area contributed by atoms with Crippen LogP contribution >= 0.6 is 0 Å². The smallest absolute Gasteiger partial charge is 0.262 e. The minimum Gasteiger partial charge on any atom is -0.382 e. The van der Waals surface area contributed by atoms with Crippen molar-refractivity contribution in [3.63, 3.8) is 0 Å². The van der Waals surface area contributed by atoms with Gasteiger partial charge in [-0.3, -0.25) is 4.79 Å². The van der Waals surface area contributed by atoms with Gasteiger partial charge in [-0.15, -0.1) is 0 Å². The van der Waals surface area contributed by atoms with Crippen molar-refractivity contribution in [1.29, 1.82) is 5.26 Å². The van der Waals surface area contributed by atoms with Gasteiger partial charge in [-0.25, -0.2) is 13.5 Å². The summed E-state index contributed by atoms with van der Waals surface area (Å²) in [6, 6.07) is 14.7. The molecule has 2 aromatic carbocycles. The molecule has 0 bridgehead atoms. The molecule has 136 valence electrons. The molecule has 1 unspecified atom stereocenters. The average Bonchev–Trinajstić information content (AvgIpc) is 3.07. The standard InChI is InChI=1S/C19H15F2N5O/c20-17(21)16(12-4-2-1-3-5-12)25-19(27)13-6-8-15(9-7-13)26-18(23)14(10-22)11-24-26/h1-9,11,16-17H,23H2,(H,25,27). The summed E-state index contributed by atoms with van der Waals surface area (Å²) in [5.74, 6) is -0.446. The molecule has 0 saturated carbocycles. The summed E-state index contributed by atoms with van der Waals surface area (Å²) in [7, 11) is 0. The summed E-state index contributed by atoms with van der Waals surface area (Å²) in [4.78, 5) is 12.4. The highest BCUT2D eigenvalue weighted by Crippen LogP contribution is 2.22. The summed E-state index contributed by atoms with van der Waals surface area (Å²) >= 11 is 0. The third kappa shape index (κ3) is 3.77. The highest BCUT2D eigenvalue weighted by molar-refractivity contribution is 5.94. The molecule has 27 heavy (non-hydrogen) atoms. The largest absolute Gasteiger partial charge is 0.382 e. The minimum atomic E-state index is -2.75. The van der Waals surface area contributed by atoms with E-state index in [2.05, 4.69) is 10.4 Å². The van der Waals surface area contributed by atoms with E-state index >= 15 is 0 Å². The maximum absolute atomic E-state index is 13.4. The van der Waals surface area contributed by atoms with Crippen LogP contribution in [0.3, 0.4) is 0 Å². The number of nitrogens with zero attached hydrogens (tertiary/aromatic N) is 3. The predicted molar refractivity (Wildman–Crippen MR) is 95.3 cm³/mol. The van der Waals surface area contributed by atoms with E-state index in [1.807, 2.05) is 6.07 Å². The van der Waals surface area contributed by atoms with Crippen molar-refractivity contribution in [2.45, 2.75) is 12.5 Å². The van der Waals surface area contributed by atoms with Gasteiger partial charge in [-0.1, -0.05) is 30.3 Å². The maximum atomic E-state index is 13.4. The number of nitrogens with two attached hydrogens (primary N) is 1. The molecule has 1 aromatic heterocycles. The second kappa shape index (κ2) is 7.66. The van der Waals surface area contributed by atoms with E-state index in [0.717, 1.165) is 0 Å². The predicted octanol–water partition coefficient (Wildman–Crippen LogP) is 3.06. The maximum Gasteiger partial charge on any atom is 0.262 e. The lowest BCUT2D eigenvalue weighted by Crippen LogP contribution is -2.32. The number of halogens is 2. The number of amides is 1. The van der Waals surface area contributed by atoms with Gasteiger partial charge in [0.15, 0.2) is 0 Å². The number of carbonyl (C=O) groups is 1. The SMILES string of the molecule is N#Cc1cnn(-c2ccc(C(=O)NC(c3ccccc3)C(F)F)cc2)c1N. The third-order valence-electron chi connectivity index (χ3n) is 4.00. The first kappa shape index (κ1) is 18.1. The molecule has 3 aromatic rings. The zero-order valence-electron chi connectivity index (χ0n) is 14.0. The van der Waals surface area contributed by atoms with Gasteiger partial charge in [0.05, 0.1) is 11.9 Å². The van der Waals surface area contributed by atoms with Gasteiger partial charge < -0.3 is 11.1 Å². The normalized spacial score (nSPS) is 11.8. The fraction of sp³-hybridized carbons (Fsp3) is 0.105. The van der Waals surface area contributed by atoms with E-state index in [9.17, 15) is 13.6 Å². The van der Waals surface area contributed by atoms with Crippen LogP contribution in [0.4, 0.5) is 14.6 Å². The fourth-order valence-electron chi connectivity index (χ4n) is 2.58. The van der Waals surface area contributed by atoms with E-state index in [1.165, 1.54) is 35.1 Å². The number of anilines is 1. The molecule has 6 nitrogen and oxygen atoms in total. The van der Waals surface area contributed by atoms with E-state index in [1.54, 1.807) is 30.3 Å². The van der Waals surface area contributed by atoms with Crippen molar-refractivity contribution in [1.82, 2.24) is 15.1 Å². The second-order valence-electron chi connectivity index (χ2n) is 5.71. The molecule has 1 heterocycles. The van der Waals surface area contributed by atoms with Gasteiger partial charge in [0.2, 0.25) is 0 Å². The van der Waals surface area contributed by atoms with Crippen molar-refractivity contribution >= 4 is 11.7 Å². The highest BCUT2D eigenvalue weighted by atomic mass is 19.3. The Morgan fingerprint density at radius 3 is 2.37 bits per heavy atom. The number of alkyl halides is 2. The Morgan fingerprint density at radius 2 is 1.81 bits per heavy atom. The first-order valence-corrected chi connectivity index (χ1v) is 7.99. The topological polar surface area (TPSA) is 96.7 Å². The molecule has 1 atom stereocenters. The van der Waals surface area contributed by atoms with Gasteiger partial charge in [0, 0.05) is 5.56 Å². The molecular weight excluding hydrogens is 352 g/mol. The highest BCUT2D eigenvalue weighted by Gasteiger charge is 2.24. The molecule has 0 saturated heterocycles. The first-order valence-electron chi connectivity index (χ1n) is 7.99. The van der Waals surface area contributed by atoms with Gasteiger partial charge in [-0.05, 0) is 29.8 Å². The number of rotatable bonds is 5. The molecule has 0 spiro atoms. The van der Waals surface area contributed by atoms with E-state index in [4.69, 9.17) is 11.0 Å². The van der Waals surface area contributed by atoms with Crippen LogP contribution in [0.5, 0.6) is 0 Å². The molecule has 0 fully saturated rings. The van der Waals surface area contributed by atoms with Crippen LogP contribution in [0.15, 0.2) is 60.8 Å². The minimum absolute atomic E-state index is 0.177. The Hall–Kier alpha value is -3.73. The first-order chi connectivity index (χ1) is 13.0. The Bertz CT molecular complexity index is 978. The molecule has 0 radical (unpaired) electrons. The Balaban J connectivity index is 1.79. The fourth-order valence-corrected chi connectivity index (χ4v) is 2.58. The third-order valence-corrected chi connectivity index (χ3v) is 4.00. The molecule has 0 aliphatic rings. The van der Waals surface area contributed by atoms with Gasteiger partial charge >= 0.3 is 0 Å². The van der Waals surface area contributed by atoms with E-state index in [-0.39, 0.29) is 16.9 Å². The average molecular weight is 367 g/mol. The van der Waals surface area contributed by atoms with Crippen molar-refractivity contribution in [3.8, 4) is 11.8 Å². The van der Waals surface area contributed by atoms with Crippen LogP contribution in [-0.4, -0.2) is 22.1 Å². The number of hydrogen-bond donors (Lipinski definition) is 2. The lowest BCUT2D eigenvalue weighted by atomic mass is 10.1. The molecule has 0 aliphatic carbocycles. The molecule has 1 amide bonds. The number of hydrogen-bond acceptors (Lipinski definition) is 4. The number of nitrogens with one attached hydrogen (secondary N) is 1. The van der Waals surface area contributed by atoms with Gasteiger partial charge in [0.1, 0.15) is 23.5 Å². The number of nitrogen functional groups attached to an aromatic ring is 1. The van der Waals surface area contributed by atoms with Crippen LogP contribution in [0, 0.1) is 11.3 Å². The summed E-state index contributed by atoms with van der Waals surface area (Å²) < 4.78 is 28.1. The Labute approximate surface area is 153 Å². The molecule has 8 heteroatoms. The van der Waals surface area contributed by atoms with Gasteiger partial charge in [-0.2, -0.15) is 10.4 Å². The summed E-state index contributed by atoms with van der Waals surface area (Å²) in [6.07, 6.45) is -1.41. The van der Waals surface area contributed by atoms with Crippen LogP contribution in [0.25, 0.3) is 5.69 Å². The van der Waals surface area contributed by atoms with Crippen molar-refractivity contribution < 1.29 is 13.6 Å². The quantitative estimate of drug-likeness (QED) is 0.724. The van der Waals surface area contributed by atoms with Crippen LogP contribution in [0.2, 0.25) is 0 Å². The number of benzene rings is 2. The van der Waals surface area contributed by atoms with Gasteiger partial charge in [0.25, 0.3) is 12.3 Å². The molecule has 0 aliphatic heterocycles. The Kier molecular flexibility index (Phi) is 5.13. The lowest BCUT2D eigenvalue weighted by molar-refractivity contribution is 0.0744. The molecular formula is C19H15F2N5O. The van der Waals surface area contributed by atoms with Crippen LogP contribution in [-0.2, 0) is 0 Å². The molecule has 3 N–H and O–H groups in total. The zero-order valence-corrected chi connectivity index (χ0v) is 14.0. The lowest BCUT2D eigenvalue weighted by Gasteiger charge is -2.18. The summed E-state index contributed by atoms with van der Waals surface area (Å²) in [5, 5.41) is 15.3. The Morgan fingerprint density at radius 1 is 1.15 bits per heavy atom. The summed E-state index contributed by atoms with van der Waals surface area (Å²) in [6.45, 7) is 0. The van der Waals surface area contributed by atoms with Crippen molar-refractivity contribution in [3.05, 3.63) is 77.5 Å². The van der Waals surface area contributed by atoms with Crippen molar-refractivity contribution in [2.24, 2.45) is 0 Å². The second-order valence-corrected chi connectivity index (χ2v) is 5.71. The number of nitriles is 1. The summed E-state index contributed by atoms with van der Waals surface area (Å²) in [5.41, 5.74) is 7.14. The van der Waals surface area contributed by atoms with Crippen molar-refractivity contribution in [2.75, 3.05) is 5.73 Å². The van der Waals surface area contributed by atoms with E-state index < -0.39 is 18.4 Å². The molecule has 3 rings (SSSR count). The number of aromatic nitrogens is 2. The monoisotopic (exact) mass is 367 g/mol. The van der Waals surface area contributed by atoms with E-state index in [0.29, 0.717) is 11.3 Å². The van der Waals surface area contributed by atoms with Crippen LogP contribution in [0.1, 0.15) is 27.5 Å².